The van der Waals surface area contributed by atoms with Gasteiger partial charge in [-0.3, -0.25) is 4.79 Å². The van der Waals surface area contributed by atoms with E-state index >= 15 is 0 Å². The van der Waals surface area contributed by atoms with Crippen LogP contribution in [0.15, 0.2) is 54.6 Å². The number of nitrogens with zero attached hydrogens (tertiary/aromatic N) is 2. The van der Waals surface area contributed by atoms with Gasteiger partial charge in [0.2, 0.25) is 0 Å². The Morgan fingerprint density at radius 2 is 1.93 bits per heavy atom. The summed E-state index contributed by atoms with van der Waals surface area (Å²) in [7, 11) is 0. The summed E-state index contributed by atoms with van der Waals surface area (Å²) in [6.07, 6.45) is 2.95. The van der Waals surface area contributed by atoms with Crippen molar-refractivity contribution in [3.8, 4) is 10.6 Å². The van der Waals surface area contributed by atoms with Crippen LogP contribution in [0.1, 0.15) is 33.8 Å². The van der Waals surface area contributed by atoms with Crippen molar-refractivity contribution < 1.29 is 9.18 Å². The normalized spacial score (nSPS) is 16.7. The molecule has 0 aliphatic carbocycles. The molecule has 0 saturated carbocycles. The third-order valence-corrected chi connectivity index (χ3v) is 6.23. The highest BCUT2D eigenvalue weighted by Gasteiger charge is 2.31. The summed E-state index contributed by atoms with van der Waals surface area (Å²) < 4.78 is 13.2. The third kappa shape index (κ3) is 3.78. The predicted molar refractivity (Wildman–Crippen MR) is 106 cm³/mol. The van der Waals surface area contributed by atoms with Gasteiger partial charge in [-0.1, -0.05) is 30.3 Å². The largest absolute Gasteiger partial charge is 0.335 e. The number of carbonyl (C=O) groups excluding carboxylic acids is 1. The van der Waals surface area contributed by atoms with Gasteiger partial charge in [0.05, 0.1) is 5.69 Å². The lowest BCUT2D eigenvalue weighted by Gasteiger charge is -2.24. The average Bonchev–Trinajstić information content (AvgIpc) is 3.29. The van der Waals surface area contributed by atoms with Crippen LogP contribution in [0.5, 0.6) is 0 Å². The zero-order chi connectivity index (χ0) is 18.8. The molecule has 0 radical (unpaired) electrons. The van der Waals surface area contributed by atoms with Crippen molar-refractivity contribution in [2.24, 2.45) is 0 Å². The lowest BCUT2D eigenvalue weighted by atomic mass is 10.0. The first-order chi connectivity index (χ1) is 13.1. The van der Waals surface area contributed by atoms with Gasteiger partial charge < -0.3 is 4.90 Å². The van der Waals surface area contributed by atoms with Gasteiger partial charge in [0.15, 0.2) is 0 Å². The first-order valence-electron chi connectivity index (χ1n) is 9.20. The monoisotopic (exact) mass is 380 g/mol. The fourth-order valence-corrected chi connectivity index (χ4v) is 4.67. The molecule has 3 aromatic rings. The first-order valence-corrected chi connectivity index (χ1v) is 10.0. The smallest absolute Gasteiger partial charge is 0.266 e. The Kier molecular flexibility index (Phi) is 5.03. The molecule has 1 fully saturated rings. The topological polar surface area (TPSA) is 33.2 Å². The van der Waals surface area contributed by atoms with Crippen LogP contribution in [-0.2, 0) is 6.42 Å². The number of hydrogen-bond donors (Lipinski definition) is 0. The Bertz CT molecular complexity index is 937. The zero-order valence-electron chi connectivity index (χ0n) is 15.2. The lowest BCUT2D eigenvalue weighted by Crippen LogP contribution is -2.36. The molecule has 1 amide bonds. The molecule has 1 saturated heterocycles. The zero-order valence-corrected chi connectivity index (χ0v) is 16.0. The van der Waals surface area contributed by atoms with Gasteiger partial charge in [-0.15, -0.1) is 11.3 Å². The maximum Gasteiger partial charge on any atom is 0.266 e. The van der Waals surface area contributed by atoms with E-state index in [4.69, 9.17) is 0 Å². The molecule has 2 aromatic carbocycles. The van der Waals surface area contributed by atoms with E-state index in [0.29, 0.717) is 4.88 Å². The number of aromatic nitrogens is 1. The van der Waals surface area contributed by atoms with E-state index in [1.165, 1.54) is 29.0 Å². The second-order valence-electron chi connectivity index (χ2n) is 6.92. The summed E-state index contributed by atoms with van der Waals surface area (Å²) in [4.78, 5) is 20.5. The molecular weight excluding hydrogens is 359 g/mol. The van der Waals surface area contributed by atoms with Gasteiger partial charge in [-0.05, 0) is 56.0 Å². The van der Waals surface area contributed by atoms with Crippen LogP contribution in [0, 0.1) is 12.7 Å². The summed E-state index contributed by atoms with van der Waals surface area (Å²) in [6, 6.07) is 16.8. The van der Waals surface area contributed by atoms with Crippen molar-refractivity contribution in [3.63, 3.8) is 0 Å². The van der Waals surface area contributed by atoms with Crippen molar-refractivity contribution in [1.82, 2.24) is 9.88 Å². The minimum absolute atomic E-state index is 0.0665. The fourth-order valence-electron chi connectivity index (χ4n) is 3.64. The summed E-state index contributed by atoms with van der Waals surface area (Å²) in [5.74, 6) is -0.207. The Morgan fingerprint density at radius 1 is 1.19 bits per heavy atom. The maximum absolute atomic E-state index is 13.2. The van der Waals surface area contributed by atoms with Crippen LogP contribution in [0.2, 0.25) is 0 Å². The molecule has 1 aromatic heterocycles. The Hall–Kier alpha value is -2.53. The van der Waals surface area contributed by atoms with Crippen molar-refractivity contribution in [2.45, 2.75) is 32.2 Å². The second-order valence-corrected chi connectivity index (χ2v) is 7.92. The number of hydrogen-bond acceptors (Lipinski definition) is 3. The molecule has 1 atom stereocenters. The summed E-state index contributed by atoms with van der Waals surface area (Å²) in [6.45, 7) is 2.67. The van der Waals surface area contributed by atoms with Gasteiger partial charge in [-0.2, -0.15) is 0 Å². The minimum atomic E-state index is -0.274. The molecule has 1 aliphatic rings. The average molecular weight is 380 g/mol. The van der Waals surface area contributed by atoms with E-state index in [1.54, 1.807) is 12.1 Å². The standard InChI is InChI=1S/C22H21FN2OS/c1-15-20(27-21(24-15)17-9-11-18(23)12-10-17)22(26)25-13-5-8-19(25)14-16-6-3-2-4-7-16/h2-4,6-7,9-12,19H,5,8,13-14H2,1H3. The molecule has 5 heteroatoms. The van der Waals surface area contributed by atoms with E-state index in [-0.39, 0.29) is 17.8 Å². The molecule has 138 valence electrons. The van der Waals surface area contributed by atoms with E-state index in [9.17, 15) is 9.18 Å². The molecule has 0 bridgehead atoms. The second kappa shape index (κ2) is 7.61. The van der Waals surface area contributed by atoms with E-state index in [0.717, 1.165) is 42.1 Å². The van der Waals surface area contributed by atoms with Gasteiger partial charge in [0.1, 0.15) is 15.7 Å². The predicted octanol–water partition coefficient (Wildman–Crippen LogP) is 5.10. The number of rotatable bonds is 4. The number of likely N-dealkylation sites (tertiary alicyclic amines) is 1. The molecule has 2 heterocycles. The number of halogens is 1. The Labute approximate surface area is 162 Å². The molecule has 1 unspecified atom stereocenters. The Morgan fingerprint density at radius 3 is 2.67 bits per heavy atom. The third-order valence-electron chi connectivity index (χ3n) is 5.03. The molecule has 3 nitrogen and oxygen atoms in total. The quantitative estimate of drug-likeness (QED) is 0.630. The molecule has 1 aliphatic heterocycles. The Balaban J connectivity index is 1.56. The van der Waals surface area contributed by atoms with E-state index < -0.39 is 0 Å². The highest BCUT2D eigenvalue weighted by molar-refractivity contribution is 7.17. The van der Waals surface area contributed by atoms with Gasteiger partial charge in [-0.25, -0.2) is 9.37 Å². The fraction of sp³-hybridized carbons (Fsp3) is 0.273. The van der Waals surface area contributed by atoms with Gasteiger partial charge >= 0.3 is 0 Å². The molecular formula is C22H21FN2OS. The molecule has 0 N–H and O–H groups in total. The number of aryl methyl sites for hydroxylation is 1. The lowest BCUT2D eigenvalue weighted by molar-refractivity contribution is 0.0740. The molecule has 0 spiro atoms. The van der Waals surface area contributed by atoms with Crippen LogP contribution >= 0.6 is 11.3 Å². The molecule has 27 heavy (non-hydrogen) atoms. The summed E-state index contributed by atoms with van der Waals surface area (Å²) in [5.41, 5.74) is 2.84. The summed E-state index contributed by atoms with van der Waals surface area (Å²) >= 11 is 1.40. The number of thiazole rings is 1. The minimum Gasteiger partial charge on any atom is -0.335 e. The number of benzene rings is 2. The van der Waals surface area contributed by atoms with Crippen LogP contribution in [0.3, 0.4) is 0 Å². The summed E-state index contributed by atoms with van der Waals surface area (Å²) in [5, 5.41) is 0.759. The van der Waals surface area contributed by atoms with Crippen LogP contribution in [-0.4, -0.2) is 28.4 Å². The highest BCUT2D eigenvalue weighted by atomic mass is 32.1. The number of carbonyl (C=O) groups is 1. The van der Waals surface area contributed by atoms with Crippen LogP contribution in [0.4, 0.5) is 4.39 Å². The number of amides is 1. The van der Waals surface area contributed by atoms with Crippen LogP contribution < -0.4 is 0 Å². The van der Waals surface area contributed by atoms with Gasteiger partial charge in [0.25, 0.3) is 5.91 Å². The SMILES string of the molecule is Cc1nc(-c2ccc(F)cc2)sc1C(=O)N1CCCC1Cc1ccccc1. The van der Waals surface area contributed by atoms with Crippen LogP contribution in [0.25, 0.3) is 10.6 Å². The molecule has 4 rings (SSSR count). The van der Waals surface area contributed by atoms with Gasteiger partial charge in [0, 0.05) is 18.2 Å². The van der Waals surface area contributed by atoms with E-state index in [1.807, 2.05) is 30.0 Å². The first kappa shape index (κ1) is 17.9. The van der Waals surface area contributed by atoms with Crippen molar-refractivity contribution >= 4 is 17.2 Å². The highest BCUT2D eigenvalue weighted by Crippen LogP contribution is 2.31. The maximum atomic E-state index is 13.2. The van der Waals surface area contributed by atoms with Crippen molar-refractivity contribution in [1.29, 1.82) is 0 Å². The van der Waals surface area contributed by atoms with E-state index in [2.05, 4.69) is 17.1 Å². The van der Waals surface area contributed by atoms with Crippen molar-refractivity contribution in [2.75, 3.05) is 6.54 Å². The van der Waals surface area contributed by atoms with Crippen molar-refractivity contribution in [3.05, 3.63) is 76.5 Å².